The Bertz CT molecular complexity index is 626. The number of phenols is 2. The number of ketones is 1. The van der Waals surface area contributed by atoms with Crippen molar-refractivity contribution in [3.8, 4) is 11.5 Å². The van der Waals surface area contributed by atoms with E-state index in [1.54, 1.807) is 24.3 Å². The van der Waals surface area contributed by atoms with Gasteiger partial charge >= 0.3 is 0 Å². The first-order valence-corrected chi connectivity index (χ1v) is 5.49. The van der Waals surface area contributed by atoms with Crippen molar-refractivity contribution < 1.29 is 15.0 Å². The maximum absolute atomic E-state index is 12.2. The molecular formula is C13H10ClNO3. The fourth-order valence-corrected chi connectivity index (χ4v) is 1.80. The molecule has 0 fully saturated rings. The van der Waals surface area contributed by atoms with Crippen molar-refractivity contribution in [2.75, 3.05) is 5.73 Å². The molecule has 0 saturated carbocycles. The molecule has 0 amide bonds. The minimum atomic E-state index is -0.409. The molecule has 18 heavy (non-hydrogen) atoms. The largest absolute Gasteiger partial charge is 0.504 e. The van der Waals surface area contributed by atoms with Gasteiger partial charge in [-0.05, 0) is 18.2 Å². The van der Waals surface area contributed by atoms with Gasteiger partial charge in [-0.15, -0.1) is 0 Å². The quantitative estimate of drug-likeness (QED) is 0.336. The molecule has 0 aliphatic rings. The van der Waals surface area contributed by atoms with Crippen LogP contribution in [-0.4, -0.2) is 16.0 Å². The van der Waals surface area contributed by atoms with Gasteiger partial charge in [-0.25, -0.2) is 0 Å². The highest BCUT2D eigenvalue weighted by molar-refractivity contribution is 6.35. The van der Waals surface area contributed by atoms with E-state index in [1.165, 1.54) is 0 Å². The molecule has 0 aromatic heterocycles. The van der Waals surface area contributed by atoms with Crippen LogP contribution in [0.4, 0.5) is 5.69 Å². The van der Waals surface area contributed by atoms with Crippen LogP contribution >= 0.6 is 11.6 Å². The normalized spacial score (nSPS) is 10.3. The third-order valence-electron chi connectivity index (χ3n) is 2.51. The maximum Gasteiger partial charge on any atom is 0.196 e. The monoisotopic (exact) mass is 263 g/mol. The first-order valence-electron chi connectivity index (χ1n) is 5.11. The molecule has 0 radical (unpaired) electrons. The van der Waals surface area contributed by atoms with Crippen molar-refractivity contribution in [2.24, 2.45) is 0 Å². The summed E-state index contributed by atoms with van der Waals surface area (Å²) in [5, 5.41) is 19.0. The summed E-state index contributed by atoms with van der Waals surface area (Å²) in [5.41, 5.74) is 6.11. The predicted octanol–water partition coefficient (Wildman–Crippen LogP) is 2.56. The highest BCUT2D eigenvalue weighted by atomic mass is 35.5. The molecule has 0 atom stereocenters. The van der Waals surface area contributed by atoms with Gasteiger partial charge in [-0.1, -0.05) is 23.7 Å². The van der Waals surface area contributed by atoms with Crippen molar-refractivity contribution >= 4 is 23.1 Å². The number of anilines is 1. The van der Waals surface area contributed by atoms with Gasteiger partial charge in [-0.3, -0.25) is 4.79 Å². The van der Waals surface area contributed by atoms with Gasteiger partial charge in [0.1, 0.15) is 0 Å². The second-order valence-electron chi connectivity index (χ2n) is 3.74. The van der Waals surface area contributed by atoms with Crippen molar-refractivity contribution in [1.29, 1.82) is 0 Å². The van der Waals surface area contributed by atoms with Crippen molar-refractivity contribution in [3.05, 3.63) is 52.5 Å². The number of hydrogen-bond acceptors (Lipinski definition) is 4. The van der Waals surface area contributed by atoms with E-state index in [9.17, 15) is 15.0 Å². The van der Waals surface area contributed by atoms with Crippen LogP contribution < -0.4 is 5.73 Å². The molecule has 0 aliphatic heterocycles. The van der Waals surface area contributed by atoms with Crippen LogP contribution in [0.3, 0.4) is 0 Å². The lowest BCUT2D eigenvalue weighted by Crippen LogP contribution is -2.05. The number of benzene rings is 2. The summed E-state index contributed by atoms with van der Waals surface area (Å²) in [6.07, 6.45) is 0. The zero-order valence-corrected chi connectivity index (χ0v) is 9.98. The third kappa shape index (κ3) is 2.10. The lowest BCUT2D eigenvalue weighted by Gasteiger charge is -2.08. The van der Waals surface area contributed by atoms with Gasteiger partial charge in [0.25, 0.3) is 0 Å². The molecule has 0 bridgehead atoms. The molecule has 2 aromatic rings. The molecular weight excluding hydrogens is 254 g/mol. The molecule has 0 unspecified atom stereocenters. The summed E-state index contributed by atoms with van der Waals surface area (Å²) >= 11 is 5.92. The average Bonchev–Trinajstić information content (AvgIpc) is 2.33. The summed E-state index contributed by atoms with van der Waals surface area (Å²) in [5.74, 6) is -1.18. The van der Waals surface area contributed by atoms with Gasteiger partial charge < -0.3 is 15.9 Å². The second-order valence-corrected chi connectivity index (χ2v) is 4.14. The molecule has 2 rings (SSSR count). The van der Waals surface area contributed by atoms with Crippen LogP contribution in [0.15, 0.2) is 36.4 Å². The van der Waals surface area contributed by atoms with Crippen molar-refractivity contribution in [3.63, 3.8) is 0 Å². The molecule has 2 aromatic carbocycles. The number of aromatic hydroxyl groups is 2. The molecule has 0 spiro atoms. The summed E-state index contributed by atoms with van der Waals surface area (Å²) in [6, 6.07) is 8.78. The number of rotatable bonds is 2. The van der Waals surface area contributed by atoms with Crippen LogP contribution in [0.1, 0.15) is 15.9 Å². The molecule has 4 N–H and O–H groups in total. The maximum atomic E-state index is 12.2. The van der Waals surface area contributed by atoms with E-state index in [4.69, 9.17) is 17.3 Å². The van der Waals surface area contributed by atoms with Gasteiger partial charge in [-0.2, -0.15) is 0 Å². The van der Waals surface area contributed by atoms with E-state index in [0.29, 0.717) is 5.02 Å². The van der Waals surface area contributed by atoms with Crippen molar-refractivity contribution in [1.82, 2.24) is 0 Å². The van der Waals surface area contributed by atoms with E-state index in [-0.39, 0.29) is 22.6 Å². The van der Waals surface area contributed by atoms with Gasteiger partial charge in [0.15, 0.2) is 17.3 Å². The molecule has 0 aliphatic carbocycles. The first kappa shape index (κ1) is 12.3. The Morgan fingerprint density at radius 3 is 2.33 bits per heavy atom. The minimum absolute atomic E-state index is 0.0789. The highest BCUT2D eigenvalue weighted by Gasteiger charge is 2.17. The minimum Gasteiger partial charge on any atom is -0.504 e. The van der Waals surface area contributed by atoms with Crippen LogP contribution in [0.2, 0.25) is 5.02 Å². The summed E-state index contributed by atoms with van der Waals surface area (Å²) in [6.45, 7) is 0. The van der Waals surface area contributed by atoms with E-state index in [2.05, 4.69) is 0 Å². The molecule has 0 heterocycles. The lowest BCUT2D eigenvalue weighted by molar-refractivity contribution is 0.103. The third-order valence-corrected chi connectivity index (χ3v) is 2.84. The SMILES string of the molecule is Nc1cc(O)c(O)cc1C(=O)c1ccccc1Cl. The second kappa shape index (κ2) is 4.58. The van der Waals surface area contributed by atoms with E-state index in [0.717, 1.165) is 12.1 Å². The Kier molecular flexibility index (Phi) is 3.12. The van der Waals surface area contributed by atoms with Crippen LogP contribution in [0.5, 0.6) is 11.5 Å². The van der Waals surface area contributed by atoms with E-state index in [1.807, 2.05) is 0 Å². The summed E-state index contributed by atoms with van der Waals surface area (Å²) in [4.78, 5) is 12.2. The Morgan fingerprint density at radius 2 is 1.67 bits per heavy atom. The Hall–Kier alpha value is -2.20. The van der Waals surface area contributed by atoms with Crippen LogP contribution in [0.25, 0.3) is 0 Å². The number of nitrogens with two attached hydrogens (primary N) is 1. The number of phenolic OH excluding ortho intramolecular Hbond substituents is 2. The Morgan fingerprint density at radius 1 is 1.06 bits per heavy atom. The lowest BCUT2D eigenvalue weighted by atomic mass is 10.0. The zero-order chi connectivity index (χ0) is 13.3. The van der Waals surface area contributed by atoms with Gasteiger partial charge in [0.05, 0.1) is 5.02 Å². The fourth-order valence-electron chi connectivity index (χ4n) is 1.58. The predicted molar refractivity (Wildman–Crippen MR) is 69.1 cm³/mol. The van der Waals surface area contributed by atoms with Crippen LogP contribution in [0, 0.1) is 0 Å². The number of nitrogen functional groups attached to an aromatic ring is 1. The Labute approximate surface area is 108 Å². The van der Waals surface area contributed by atoms with Gasteiger partial charge in [0, 0.05) is 22.9 Å². The zero-order valence-electron chi connectivity index (χ0n) is 9.22. The average molecular weight is 264 g/mol. The number of halogens is 1. The standard InChI is InChI=1S/C13H10ClNO3/c14-9-4-2-1-3-7(9)13(18)8-5-11(16)12(17)6-10(8)15/h1-6,16-17H,15H2. The van der Waals surface area contributed by atoms with E-state index >= 15 is 0 Å². The molecule has 5 heteroatoms. The van der Waals surface area contributed by atoms with E-state index < -0.39 is 11.5 Å². The summed E-state index contributed by atoms with van der Waals surface area (Å²) in [7, 11) is 0. The smallest absolute Gasteiger partial charge is 0.196 e. The molecule has 4 nitrogen and oxygen atoms in total. The fraction of sp³-hybridized carbons (Fsp3) is 0. The number of carbonyl (C=O) groups excluding carboxylic acids is 1. The number of carbonyl (C=O) groups is 1. The highest BCUT2D eigenvalue weighted by Crippen LogP contribution is 2.32. The topological polar surface area (TPSA) is 83.6 Å². The molecule has 0 saturated heterocycles. The van der Waals surface area contributed by atoms with Crippen LogP contribution in [-0.2, 0) is 0 Å². The first-order chi connectivity index (χ1) is 8.50. The van der Waals surface area contributed by atoms with Gasteiger partial charge in [0.2, 0.25) is 0 Å². The molecule has 92 valence electrons. The summed E-state index contributed by atoms with van der Waals surface area (Å²) < 4.78 is 0. The number of hydrogen-bond donors (Lipinski definition) is 3. The van der Waals surface area contributed by atoms with Crippen molar-refractivity contribution in [2.45, 2.75) is 0 Å². The Balaban J connectivity index is 2.53.